The monoisotopic (exact) mass is 355 g/mol. The van der Waals surface area contributed by atoms with Crippen molar-refractivity contribution in [2.24, 2.45) is 7.05 Å². The van der Waals surface area contributed by atoms with Crippen molar-refractivity contribution in [1.82, 2.24) is 20.2 Å². The van der Waals surface area contributed by atoms with E-state index < -0.39 is 0 Å². The number of ether oxygens (including phenoxy) is 1. The zero-order valence-electron chi connectivity index (χ0n) is 13.8. The summed E-state index contributed by atoms with van der Waals surface area (Å²) < 4.78 is 7.28. The van der Waals surface area contributed by atoms with Crippen LogP contribution in [0.2, 0.25) is 0 Å². The molecule has 1 amide bonds. The minimum atomic E-state index is -0.125. The molecule has 0 fully saturated rings. The fraction of sp³-hybridized carbons (Fsp3) is 0.176. The number of rotatable bonds is 6. The fourth-order valence-electron chi connectivity index (χ4n) is 2.02. The van der Waals surface area contributed by atoms with Crippen LogP contribution in [0.5, 0.6) is 11.5 Å². The third-order valence-electron chi connectivity index (χ3n) is 3.31. The molecule has 0 bridgehead atoms. The largest absolute Gasteiger partial charge is 0.457 e. The van der Waals surface area contributed by atoms with Crippen molar-refractivity contribution >= 4 is 23.4 Å². The second-order valence-corrected chi connectivity index (χ2v) is 6.30. The zero-order chi connectivity index (χ0) is 17.6. The topological polar surface area (TPSA) is 81.9 Å². The molecule has 1 N–H and O–H groups in total. The number of nitrogens with zero attached hydrogens (tertiary/aromatic N) is 4. The van der Waals surface area contributed by atoms with E-state index in [0.29, 0.717) is 16.6 Å². The van der Waals surface area contributed by atoms with Crippen LogP contribution in [0.1, 0.15) is 5.56 Å². The second-order valence-electron chi connectivity index (χ2n) is 5.36. The summed E-state index contributed by atoms with van der Waals surface area (Å²) in [7, 11) is 1.73. The predicted octanol–water partition coefficient (Wildman–Crippen LogP) is 3.04. The van der Waals surface area contributed by atoms with Crippen molar-refractivity contribution < 1.29 is 9.53 Å². The van der Waals surface area contributed by atoms with Gasteiger partial charge in [0.2, 0.25) is 11.1 Å². The number of amides is 1. The van der Waals surface area contributed by atoms with Crippen molar-refractivity contribution in [3.05, 3.63) is 54.1 Å². The van der Waals surface area contributed by atoms with Gasteiger partial charge in [-0.15, -0.1) is 5.10 Å². The number of carbonyl (C=O) groups is 1. The van der Waals surface area contributed by atoms with Crippen LogP contribution >= 0.6 is 11.8 Å². The highest BCUT2D eigenvalue weighted by atomic mass is 32.2. The van der Waals surface area contributed by atoms with E-state index in [9.17, 15) is 4.79 Å². The number of carbonyl (C=O) groups excluding carboxylic acids is 1. The van der Waals surface area contributed by atoms with Crippen molar-refractivity contribution in [3.63, 3.8) is 0 Å². The Morgan fingerprint density at radius 3 is 2.36 bits per heavy atom. The van der Waals surface area contributed by atoms with Crippen LogP contribution in [0.25, 0.3) is 0 Å². The van der Waals surface area contributed by atoms with Crippen LogP contribution < -0.4 is 10.1 Å². The van der Waals surface area contributed by atoms with Crippen molar-refractivity contribution in [2.75, 3.05) is 11.1 Å². The highest BCUT2D eigenvalue weighted by Gasteiger charge is 2.08. The maximum atomic E-state index is 12.0. The third-order valence-corrected chi connectivity index (χ3v) is 4.32. The van der Waals surface area contributed by atoms with E-state index in [0.717, 1.165) is 5.75 Å². The van der Waals surface area contributed by atoms with Gasteiger partial charge in [0.05, 0.1) is 5.75 Å². The molecule has 0 spiro atoms. The van der Waals surface area contributed by atoms with Gasteiger partial charge in [0, 0.05) is 12.7 Å². The summed E-state index contributed by atoms with van der Waals surface area (Å²) in [5, 5.41) is 14.5. The molecule has 2 aromatic carbocycles. The second kappa shape index (κ2) is 7.80. The average molecular weight is 355 g/mol. The lowest BCUT2D eigenvalue weighted by Gasteiger charge is -2.08. The number of nitrogens with one attached hydrogen (secondary N) is 1. The summed E-state index contributed by atoms with van der Waals surface area (Å²) in [6.45, 7) is 2.03. The molecule has 0 aliphatic rings. The molecular weight excluding hydrogens is 338 g/mol. The van der Waals surface area contributed by atoms with Gasteiger partial charge >= 0.3 is 0 Å². The molecule has 0 unspecified atom stereocenters. The lowest BCUT2D eigenvalue weighted by atomic mass is 10.2. The van der Waals surface area contributed by atoms with Gasteiger partial charge in [-0.2, -0.15) is 0 Å². The Bertz CT molecular complexity index is 846. The minimum absolute atomic E-state index is 0.125. The van der Waals surface area contributed by atoms with E-state index in [1.54, 1.807) is 19.2 Å². The number of thioether (sulfide) groups is 1. The van der Waals surface area contributed by atoms with Gasteiger partial charge in [-0.3, -0.25) is 4.79 Å². The molecule has 0 aliphatic carbocycles. The molecule has 0 saturated carbocycles. The molecule has 7 nitrogen and oxygen atoms in total. The van der Waals surface area contributed by atoms with Gasteiger partial charge in [0.1, 0.15) is 11.5 Å². The van der Waals surface area contributed by atoms with Crippen LogP contribution in [0.3, 0.4) is 0 Å². The van der Waals surface area contributed by atoms with Gasteiger partial charge < -0.3 is 10.1 Å². The Hall–Kier alpha value is -2.87. The Morgan fingerprint density at radius 1 is 1.12 bits per heavy atom. The Balaban J connectivity index is 1.52. The van der Waals surface area contributed by atoms with E-state index in [4.69, 9.17) is 4.74 Å². The van der Waals surface area contributed by atoms with Gasteiger partial charge in [-0.1, -0.05) is 29.5 Å². The minimum Gasteiger partial charge on any atom is -0.457 e. The number of benzene rings is 2. The quantitative estimate of drug-likeness (QED) is 0.685. The van der Waals surface area contributed by atoms with Gasteiger partial charge in [-0.05, 0) is 53.7 Å². The summed E-state index contributed by atoms with van der Waals surface area (Å²) in [5.74, 6) is 1.59. The first-order valence-electron chi connectivity index (χ1n) is 7.60. The van der Waals surface area contributed by atoms with E-state index in [-0.39, 0.29) is 11.7 Å². The highest BCUT2D eigenvalue weighted by molar-refractivity contribution is 7.99. The van der Waals surface area contributed by atoms with E-state index in [2.05, 4.69) is 20.8 Å². The van der Waals surface area contributed by atoms with Crippen molar-refractivity contribution in [3.8, 4) is 11.5 Å². The average Bonchev–Trinajstić information content (AvgIpc) is 3.02. The highest BCUT2D eigenvalue weighted by Crippen LogP contribution is 2.23. The number of aromatic nitrogens is 4. The SMILES string of the molecule is Cc1ccc(Oc2ccc(NC(=O)CSc3nnnn3C)cc2)cc1. The standard InChI is InChI=1S/C17H17N5O2S/c1-12-3-7-14(8-4-12)24-15-9-5-13(6-10-15)18-16(23)11-25-17-19-20-21-22(17)2/h3-10H,11H2,1-2H3,(H,18,23). The Morgan fingerprint density at radius 2 is 1.76 bits per heavy atom. The first-order chi connectivity index (χ1) is 12.1. The third kappa shape index (κ3) is 4.80. The lowest BCUT2D eigenvalue weighted by molar-refractivity contribution is -0.113. The van der Waals surface area contributed by atoms with Crippen LogP contribution in [-0.2, 0) is 11.8 Å². The summed E-state index contributed by atoms with van der Waals surface area (Å²) in [6.07, 6.45) is 0. The Labute approximate surface area is 149 Å². The maximum absolute atomic E-state index is 12.0. The molecule has 0 saturated heterocycles. The van der Waals surface area contributed by atoms with Crippen molar-refractivity contribution in [2.45, 2.75) is 12.1 Å². The molecule has 8 heteroatoms. The first kappa shape index (κ1) is 17.0. The maximum Gasteiger partial charge on any atom is 0.234 e. The summed E-state index contributed by atoms with van der Waals surface area (Å²) in [6, 6.07) is 15.1. The summed E-state index contributed by atoms with van der Waals surface area (Å²) in [4.78, 5) is 12.0. The number of anilines is 1. The van der Waals surface area contributed by atoms with Gasteiger partial charge in [0.15, 0.2) is 0 Å². The molecule has 0 radical (unpaired) electrons. The molecule has 25 heavy (non-hydrogen) atoms. The number of aryl methyl sites for hydroxylation is 2. The smallest absolute Gasteiger partial charge is 0.234 e. The summed E-state index contributed by atoms with van der Waals surface area (Å²) >= 11 is 1.28. The van der Waals surface area contributed by atoms with E-state index in [1.807, 2.05) is 43.3 Å². The zero-order valence-corrected chi connectivity index (χ0v) is 14.7. The van der Waals surface area contributed by atoms with Gasteiger partial charge in [-0.25, -0.2) is 4.68 Å². The number of tetrazole rings is 1. The molecule has 128 valence electrons. The van der Waals surface area contributed by atoms with E-state index >= 15 is 0 Å². The number of hydrogen-bond acceptors (Lipinski definition) is 6. The molecule has 0 aliphatic heterocycles. The van der Waals surface area contributed by atoms with E-state index in [1.165, 1.54) is 22.0 Å². The molecule has 3 rings (SSSR count). The normalized spacial score (nSPS) is 10.5. The van der Waals surface area contributed by atoms with Crippen LogP contribution in [-0.4, -0.2) is 31.9 Å². The summed E-state index contributed by atoms with van der Waals surface area (Å²) in [5.41, 5.74) is 1.89. The van der Waals surface area contributed by atoms with Gasteiger partial charge in [0.25, 0.3) is 0 Å². The number of hydrogen-bond donors (Lipinski definition) is 1. The first-order valence-corrected chi connectivity index (χ1v) is 8.58. The van der Waals surface area contributed by atoms with Crippen LogP contribution in [0, 0.1) is 6.92 Å². The molecular formula is C17H17N5O2S. The predicted molar refractivity (Wildman–Crippen MR) is 95.8 cm³/mol. The van der Waals surface area contributed by atoms with Crippen molar-refractivity contribution in [1.29, 1.82) is 0 Å². The Kier molecular flexibility index (Phi) is 5.30. The van der Waals surface area contributed by atoms with Crippen LogP contribution in [0.4, 0.5) is 5.69 Å². The lowest BCUT2D eigenvalue weighted by Crippen LogP contribution is -2.14. The van der Waals surface area contributed by atoms with Crippen LogP contribution in [0.15, 0.2) is 53.7 Å². The fourth-order valence-corrected chi connectivity index (χ4v) is 2.67. The molecule has 1 heterocycles. The molecule has 3 aromatic rings. The molecule has 1 aromatic heterocycles. The molecule has 0 atom stereocenters.